The molecular weight excluding hydrogens is 220 g/mol. The molecule has 0 rings (SSSR count). The molecule has 0 spiro atoms. The van der Waals surface area contributed by atoms with Gasteiger partial charge in [0.2, 0.25) is 0 Å². The second-order valence-electron chi connectivity index (χ2n) is 3.25. The van der Waals surface area contributed by atoms with E-state index in [-0.39, 0.29) is 35.0 Å². The maximum atomic E-state index is 9.85. The van der Waals surface area contributed by atoms with Gasteiger partial charge in [-0.05, 0) is 25.3 Å². The van der Waals surface area contributed by atoms with Crippen molar-refractivity contribution in [1.82, 2.24) is 0 Å². The summed E-state index contributed by atoms with van der Waals surface area (Å²) in [7, 11) is 0. The first-order valence-electron chi connectivity index (χ1n) is 4.98. The van der Waals surface area contributed by atoms with Crippen LogP contribution in [0.1, 0.15) is 46.0 Å². The van der Waals surface area contributed by atoms with Gasteiger partial charge in [-0.25, -0.2) is 0 Å². The summed E-state index contributed by atoms with van der Waals surface area (Å²) in [6.07, 6.45) is 4.29. The number of rotatable bonds is 6. The zero-order valence-corrected chi connectivity index (χ0v) is 11.5. The summed E-state index contributed by atoms with van der Waals surface area (Å²) in [5.41, 5.74) is 0.0648. The second-order valence-corrected chi connectivity index (χ2v) is 3.25. The molecule has 0 aliphatic rings. The van der Waals surface area contributed by atoms with Crippen LogP contribution in [0.15, 0.2) is 12.2 Å². The van der Waals surface area contributed by atoms with Gasteiger partial charge in [-0.3, -0.25) is 0 Å². The third-order valence-electron chi connectivity index (χ3n) is 1.58. The van der Waals surface area contributed by atoms with Crippen molar-refractivity contribution in [3.8, 4) is 0 Å². The topological polar surface area (TPSA) is 80.3 Å². The van der Waals surface area contributed by atoms with E-state index in [0.717, 1.165) is 25.7 Å². The van der Waals surface area contributed by atoms with Gasteiger partial charge < -0.3 is 19.8 Å². The van der Waals surface area contributed by atoms with Crippen LogP contribution in [-0.4, -0.2) is 35.0 Å². The zero-order chi connectivity index (χ0) is 12.3. The molecule has 0 bridgehead atoms. The Labute approximate surface area is 113 Å². The third-order valence-corrected chi connectivity index (χ3v) is 1.58. The van der Waals surface area contributed by atoms with Crippen molar-refractivity contribution in [1.29, 1.82) is 0 Å². The van der Waals surface area contributed by atoms with E-state index in [0.29, 0.717) is 0 Å². The number of carboxylic acid groups (broad SMARTS) is 2. The Kier molecular flexibility index (Phi) is 18.8. The van der Waals surface area contributed by atoms with Crippen molar-refractivity contribution >= 4 is 35.0 Å². The van der Waals surface area contributed by atoms with Gasteiger partial charge in [0.15, 0.2) is 0 Å². The first-order chi connectivity index (χ1) is 6.91. The Morgan fingerprint density at radius 1 is 1.12 bits per heavy atom. The fourth-order valence-electron chi connectivity index (χ4n) is 0.696. The van der Waals surface area contributed by atoms with Gasteiger partial charge in [-0.1, -0.05) is 32.8 Å². The van der Waals surface area contributed by atoms with E-state index >= 15 is 0 Å². The summed E-state index contributed by atoms with van der Waals surface area (Å²) in [4.78, 5) is 19.3. The van der Waals surface area contributed by atoms with Crippen molar-refractivity contribution in [3.05, 3.63) is 12.2 Å². The molecule has 0 saturated carbocycles. The number of carboxylic acids is 2. The van der Waals surface area contributed by atoms with Crippen molar-refractivity contribution < 1.29 is 19.8 Å². The van der Waals surface area contributed by atoms with Crippen molar-refractivity contribution in [2.75, 3.05) is 0 Å². The average molecular weight is 239 g/mol. The normalized spacial score (nSPS) is 8.12. The molecule has 0 atom stereocenters. The van der Waals surface area contributed by atoms with Crippen molar-refractivity contribution in [3.63, 3.8) is 0 Å². The standard InChI is InChI=1S/C7H14O2.C4H6O2.Mg/c1-2-3-4-5-6-7(8)9;1-3(2)4(5)6;/h2-6H2,1H3,(H,8,9);1H2,2H3,(H,5,6);/q;;+2/p-2. The molecule has 0 aromatic rings. The summed E-state index contributed by atoms with van der Waals surface area (Å²) >= 11 is 0. The molecule has 0 unspecified atom stereocenters. The molecule has 0 amide bonds. The summed E-state index contributed by atoms with van der Waals surface area (Å²) in [6.45, 7) is 6.57. The number of aliphatic carboxylic acids is 2. The largest absolute Gasteiger partial charge is 2.00 e. The molecule has 4 nitrogen and oxygen atoms in total. The van der Waals surface area contributed by atoms with Crippen LogP contribution in [0.3, 0.4) is 0 Å². The van der Waals surface area contributed by atoms with Gasteiger partial charge in [0.05, 0.1) is 5.97 Å². The van der Waals surface area contributed by atoms with Gasteiger partial charge >= 0.3 is 23.1 Å². The van der Waals surface area contributed by atoms with Crippen LogP contribution in [0.25, 0.3) is 0 Å². The maximum absolute atomic E-state index is 9.85. The number of carbonyl (C=O) groups excluding carboxylic acids is 2. The van der Waals surface area contributed by atoms with E-state index in [1.807, 2.05) is 0 Å². The van der Waals surface area contributed by atoms with Crippen LogP contribution < -0.4 is 10.2 Å². The molecule has 0 heterocycles. The molecule has 0 aliphatic heterocycles. The first-order valence-corrected chi connectivity index (χ1v) is 4.98. The number of carbonyl (C=O) groups is 2. The van der Waals surface area contributed by atoms with Crippen LogP contribution in [0, 0.1) is 0 Å². The minimum atomic E-state index is -1.19. The fraction of sp³-hybridized carbons (Fsp3) is 0.636. The molecule has 88 valence electrons. The summed E-state index contributed by atoms with van der Waals surface area (Å²) < 4.78 is 0. The number of hydrogen-bond acceptors (Lipinski definition) is 4. The van der Waals surface area contributed by atoms with Crippen molar-refractivity contribution in [2.45, 2.75) is 46.0 Å². The van der Waals surface area contributed by atoms with E-state index in [9.17, 15) is 19.8 Å². The predicted octanol–water partition coefficient (Wildman–Crippen LogP) is -0.362. The average Bonchev–Trinajstić information content (AvgIpc) is 2.13. The molecule has 0 aromatic heterocycles. The van der Waals surface area contributed by atoms with Gasteiger partial charge in [-0.15, -0.1) is 0 Å². The molecular formula is C11H18MgO4. The maximum Gasteiger partial charge on any atom is 2.00 e. The molecule has 0 aliphatic carbocycles. The van der Waals surface area contributed by atoms with E-state index in [1.54, 1.807) is 0 Å². The Bertz CT molecular complexity index is 202. The summed E-state index contributed by atoms with van der Waals surface area (Å²) in [5, 5.41) is 19.3. The van der Waals surface area contributed by atoms with E-state index < -0.39 is 11.9 Å². The van der Waals surface area contributed by atoms with Gasteiger partial charge in [0, 0.05) is 5.97 Å². The third kappa shape index (κ3) is 23.3. The molecule has 0 radical (unpaired) electrons. The van der Waals surface area contributed by atoms with Gasteiger partial charge in [0.1, 0.15) is 0 Å². The fourth-order valence-corrected chi connectivity index (χ4v) is 0.696. The van der Waals surface area contributed by atoms with Crippen LogP contribution >= 0.6 is 0 Å². The Balaban J connectivity index is -0.000000214. The van der Waals surface area contributed by atoms with Gasteiger partial charge in [-0.2, -0.15) is 0 Å². The van der Waals surface area contributed by atoms with Crippen LogP contribution in [-0.2, 0) is 9.59 Å². The smallest absolute Gasteiger partial charge is 0.550 e. The van der Waals surface area contributed by atoms with Crippen LogP contribution in [0.2, 0.25) is 0 Å². The number of hydrogen-bond donors (Lipinski definition) is 0. The van der Waals surface area contributed by atoms with E-state index in [4.69, 9.17) is 0 Å². The van der Waals surface area contributed by atoms with Crippen LogP contribution in [0.5, 0.6) is 0 Å². The monoisotopic (exact) mass is 238 g/mol. The molecule has 5 heteroatoms. The summed E-state index contributed by atoms with van der Waals surface area (Å²) in [6, 6.07) is 0. The minimum absolute atomic E-state index is 0. The Morgan fingerprint density at radius 2 is 1.56 bits per heavy atom. The van der Waals surface area contributed by atoms with Gasteiger partial charge in [0.25, 0.3) is 0 Å². The SMILES string of the molecule is C=C(C)C(=O)[O-].CCCCCCC(=O)[O-].[Mg+2]. The molecule has 0 aromatic carbocycles. The zero-order valence-electron chi connectivity index (χ0n) is 10.1. The van der Waals surface area contributed by atoms with E-state index in [1.165, 1.54) is 6.92 Å². The summed E-state index contributed by atoms with van der Waals surface area (Å²) in [5.74, 6) is -2.11. The molecule has 0 fully saturated rings. The predicted molar refractivity (Wildman–Crippen MR) is 59.3 cm³/mol. The van der Waals surface area contributed by atoms with Crippen LogP contribution in [0.4, 0.5) is 0 Å². The second kappa shape index (κ2) is 14.4. The molecule has 0 N–H and O–H groups in total. The molecule has 0 saturated heterocycles. The van der Waals surface area contributed by atoms with Crippen molar-refractivity contribution in [2.24, 2.45) is 0 Å². The minimum Gasteiger partial charge on any atom is -0.550 e. The quantitative estimate of drug-likeness (QED) is 0.359. The first kappa shape index (κ1) is 20.8. The number of unbranched alkanes of at least 4 members (excludes halogenated alkanes) is 3. The molecule has 16 heavy (non-hydrogen) atoms. The Morgan fingerprint density at radius 3 is 1.81 bits per heavy atom. The Hall–Kier alpha value is -0.554. The van der Waals surface area contributed by atoms with E-state index in [2.05, 4.69) is 13.5 Å².